The quantitative estimate of drug-likeness (QED) is 0.759. The van der Waals surface area contributed by atoms with Gasteiger partial charge in [-0.05, 0) is 43.2 Å². The summed E-state index contributed by atoms with van der Waals surface area (Å²) in [5.41, 5.74) is 1.09. The molecule has 2 N–H and O–H groups in total. The van der Waals surface area contributed by atoms with Crippen LogP contribution < -0.4 is 24.8 Å². The van der Waals surface area contributed by atoms with Gasteiger partial charge in [-0.1, -0.05) is 24.3 Å². The molecule has 0 aromatic heterocycles. The number of rotatable bonds is 7. The van der Waals surface area contributed by atoms with E-state index in [1.165, 1.54) is 0 Å². The SMILES string of the molecule is COc1ccc(CCNC(=O)[C@H](C)NC(=O)[C@@H]2COc3ccccc3O2)cc1. The highest BCUT2D eigenvalue weighted by Crippen LogP contribution is 2.30. The normalized spacial score (nSPS) is 16.0. The van der Waals surface area contributed by atoms with Crippen molar-refractivity contribution in [1.82, 2.24) is 10.6 Å². The summed E-state index contributed by atoms with van der Waals surface area (Å²) in [6, 6.07) is 14.1. The molecule has 2 aromatic carbocycles. The maximum Gasteiger partial charge on any atom is 0.265 e. The number of carbonyl (C=O) groups is 2. The van der Waals surface area contributed by atoms with Crippen LogP contribution in [-0.2, 0) is 16.0 Å². The van der Waals surface area contributed by atoms with Crippen LogP contribution in [0.4, 0.5) is 0 Å². The van der Waals surface area contributed by atoms with Crippen molar-refractivity contribution in [3.8, 4) is 17.2 Å². The van der Waals surface area contributed by atoms with Crippen LogP contribution in [0.2, 0.25) is 0 Å². The number of hydrogen-bond acceptors (Lipinski definition) is 5. The summed E-state index contributed by atoms with van der Waals surface area (Å²) in [4.78, 5) is 24.6. The fourth-order valence-corrected chi connectivity index (χ4v) is 2.80. The highest BCUT2D eigenvalue weighted by Gasteiger charge is 2.29. The first-order chi connectivity index (χ1) is 13.6. The summed E-state index contributed by atoms with van der Waals surface area (Å²) in [7, 11) is 1.62. The molecule has 0 fully saturated rings. The molecule has 7 heteroatoms. The van der Waals surface area contributed by atoms with Crippen molar-refractivity contribution in [3.05, 3.63) is 54.1 Å². The van der Waals surface area contributed by atoms with Crippen LogP contribution in [0.5, 0.6) is 17.2 Å². The minimum Gasteiger partial charge on any atom is -0.497 e. The molecule has 0 radical (unpaired) electrons. The summed E-state index contributed by atoms with van der Waals surface area (Å²) >= 11 is 0. The Morgan fingerprint density at radius 2 is 1.86 bits per heavy atom. The van der Waals surface area contributed by atoms with E-state index in [0.29, 0.717) is 24.5 Å². The van der Waals surface area contributed by atoms with Crippen LogP contribution in [0.3, 0.4) is 0 Å². The minimum absolute atomic E-state index is 0.106. The Morgan fingerprint density at radius 3 is 2.57 bits per heavy atom. The first-order valence-corrected chi connectivity index (χ1v) is 9.16. The van der Waals surface area contributed by atoms with Gasteiger partial charge in [0.1, 0.15) is 18.4 Å². The Balaban J connectivity index is 1.43. The summed E-state index contributed by atoms with van der Waals surface area (Å²) in [5, 5.41) is 5.50. The average molecular weight is 384 g/mol. The number of methoxy groups -OCH3 is 1. The maximum absolute atomic E-state index is 12.4. The summed E-state index contributed by atoms with van der Waals surface area (Å²) in [6.07, 6.45) is -0.100. The standard InChI is InChI=1S/C21H24N2O5/c1-14(20(24)22-12-11-15-7-9-16(26-2)10-8-15)23-21(25)19-13-27-17-5-3-4-6-18(17)28-19/h3-10,14,19H,11-13H2,1-2H3,(H,22,24)(H,23,25)/t14-,19-/m0/s1. The monoisotopic (exact) mass is 384 g/mol. The fourth-order valence-electron chi connectivity index (χ4n) is 2.80. The maximum atomic E-state index is 12.4. The molecule has 0 aliphatic carbocycles. The molecule has 148 valence electrons. The molecule has 2 aromatic rings. The van der Waals surface area contributed by atoms with Crippen LogP contribution in [0.15, 0.2) is 48.5 Å². The zero-order valence-electron chi connectivity index (χ0n) is 15.9. The van der Waals surface area contributed by atoms with Gasteiger partial charge in [0.05, 0.1) is 7.11 Å². The lowest BCUT2D eigenvalue weighted by Crippen LogP contribution is -2.51. The molecular formula is C21H24N2O5. The number of para-hydroxylation sites is 2. The van der Waals surface area contributed by atoms with Gasteiger partial charge < -0.3 is 24.8 Å². The average Bonchev–Trinajstić information content (AvgIpc) is 2.73. The van der Waals surface area contributed by atoms with Gasteiger partial charge in [0.25, 0.3) is 5.91 Å². The van der Waals surface area contributed by atoms with Crippen molar-refractivity contribution >= 4 is 11.8 Å². The summed E-state index contributed by atoms with van der Waals surface area (Å²) in [6.45, 7) is 2.22. The van der Waals surface area contributed by atoms with Crippen LogP contribution in [0, 0.1) is 0 Å². The first kappa shape index (κ1) is 19.5. The molecule has 2 amide bonds. The van der Waals surface area contributed by atoms with Crippen molar-refractivity contribution in [2.75, 3.05) is 20.3 Å². The van der Waals surface area contributed by atoms with E-state index >= 15 is 0 Å². The minimum atomic E-state index is -0.788. The van der Waals surface area contributed by atoms with E-state index in [9.17, 15) is 9.59 Å². The van der Waals surface area contributed by atoms with Crippen molar-refractivity contribution in [1.29, 1.82) is 0 Å². The summed E-state index contributed by atoms with van der Waals surface area (Å²) < 4.78 is 16.3. The van der Waals surface area contributed by atoms with Gasteiger partial charge in [0.2, 0.25) is 12.0 Å². The van der Waals surface area contributed by atoms with E-state index in [-0.39, 0.29) is 18.4 Å². The summed E-state index contributed by atoms with van der Waals surface area (Å²) in [5.74, 6) is 1.29. The van der Waals surface area contributed by atoms with Gasteiger partial charge in [-0.15, -0.1) is 0 Å². The van der Waals surface area contributed by atoms with Crippen molar-refractivity contribution in [2.24, 2.45) is 0 Å². The number of ether oxygens (including phenoxy) is 3. The number of carbonyl (C=O) groups excluding carboxylic acids is 2. The Bertz CT molecular complexity index is 822. The van der Waals surface area contributed by atoms with E-state index in [1.807, 2.05) is 30.3 Å². The Kier molecular flexibility index (Phi) is 6.37. The molecule has 0 saturated carbocycles. The number of nitrogens with one attached hydrogen (secondary N) is 2. The molecule has 3 rings (SSSR count). The van der Waals surface area contributed by atoms with Crippen molar-refractivity contribution in [2.45, 2.75) is 25.5 Å². The lowest BCUT2D eigenvalue weighted by molar-refractivity contribution is -0.134. The second-order valence-corrected chi connectivity index (χ2v) is 6.48. The van der Waals surface area contributed by atoms with Gasteiger partial charge in [-0.3, -0.25) is 9.59 Å². The smallest absolute Gasteiger partial charge is 0.265 e. The number of fused-ring (bicyclic) bond motifs is 1. The van der Waals surface area contributed by atoms with Crippen LogP contribution in [-0.4, -0.2) is 44.2 Å². The third kappa shape index (κ3) is 4.94. The molecule has 1 aliphatic heterocycles. The molecule has 2 atom stereocenters. The molecule has 0 saturated heterocycles. The van der Waals surface area contributed by atoms with E-state index in [2.05, 4.69) is 10.6 Å². The molecule has 1 heterocycles. The predicted octanol–water partition coefficient (Wildman–Crippen LogP) is 1.70. The molecule has 0 spiro atoms. The molecule has 0 unspecified atom stereocenters. The molecule has 1 aliphatic rings. The lowest BCUT2D eigenvalue weighted by Gasteiger charge is -2.26. The first-order valence-electron chi connectivity index (χ1n) is 9.16. The van der Waals surface area contributed by atoms with Crippen LogP contribution in [0.1, 0.15) is 12.5 Å². The Hall–Kier alpha value is -3.22. The number of hydrogen-bond donors (Lipinski definition) is 2. The van der Waals surface area contributed by atoms with E-state index < -0.39 is 12.1 Å². The van der Waals surface area contributed by atoms with Gasteiger partial charge >= 0.3 is 0 Å². The Labute approximate surface area is 164 Å². The largest absolute Gasteiger partial charge is 0.497 e. The Morgan fingerprint density at radius 1 is 1.14 bits per heavy atom. The highest BCUT2D eigenvalue weighted by molar-refractivity contribution is 5.89. The van der Waals surface area contributed by atoms with E-state index in [1.54, 1.807) is 32.2 Å². The van der Waals surface area contributed by atoms with Crippen LogP contribution >= 0.6 is 0 Å². The van der Waals surface area contributed by atoms with Gasteiger partial charge in [-0.25, -0.2) is 0 Å². The topological polar surface area (TPSA) is 85.9 Å². The van der Waals surface area contributed by atoms with Gasteiger partial charge in [0.15, 0.2) is 11.5 Å². The number of amides is 2. The second-order valence-electron chi connectivity index (χ2n) is 6.48. The van der Waals surface area contributed by atoms with Crippen molar-refractivity contribution < 1.29 is 23.8 Å². The lowest BCUT2D eigenvalue weighted by atomic mass is 10.1. The second kappa shape index (κ2) is 9.12. The predicted molar refractivity (Wildman–Crippen MR) is 104 cm³/mol. The van der Waals surface area contributed by atoms with E-state index in [4.69, 9.17) is 14.2 Å². The van der Waals surface area contributed by atoms with Crippen molar-refractivity contribution in [3.63, 3.8) is 0 Å². The molecule has 28 heavy (non-hydrogen) atoms. The molecule has 7 nitrogen and oxygen atoms in total. The molecule has 0 bridgehead atoms. The molecular weight excluding hydrogens is 360 g/mol. The van der Waals surface area contributed by atoms with E-state index in [0.717, 1.165) is 11.3 Å². The number of benzene rings is 2. The third-order valence-corrected chi connectivity index (χ3v) is 4.43. The third-order valence-electron chi connectivity index (χ3n) is 4.43. The zero-order valence-corrected chi connectivity index (χ0v) is 15.9. The fraction of sp³-hybridized carbons (Fsp3) is 0.333. The highest BCUT2D eigenvalue weighted by atomic mass is 16.6. The van der Waals surface area contributed by atoms with Crippen LogP contribution in [0.25, 0.3) is 0 Å². The van der Waals surface area contributed by atoms with Gasteiger partial charge in [0, 0.05) is 6.54 Å². The van der Waals surface area contributed by atoms with Gasteiger partial charge in [-0.2, -0.15) is 0 Å². The zero-order chi connectivity index (χ0) is 19.9.